The van der Waals surface area contributed by atoms with Gasteiger partial charge in [-0.3, -0.25) is 0 Å². The lowest BCUT2D eigenvalue weighted by molar-refractivity contribution is 0.00844. The number of alkyl halides is 1. The Labute approximate surface area is 103 Å². The minimum atomic E-state index is -0.788. The summed E-state index contributed by atoms with van der Waals surface area (Å²) in [6.07, 6.45) is -0.788. The quantitative estimate of drug-likeness (QED) is 0.444. The van der Waals surface area contributed by atoms with Gasteiger partial charge in [0.25, 0.3) is 0 Å². The number of primary amides is 1. The molecular formula is C9H18BrNO5. The minimum Gasteiger partial charge on any atom is -0.447 e. The summed E-state index contributed by atoms with van der Waals surface area (Å²) in [5, 5.41) is 0.829. The van der Waals surface area contributed by atoms with E-state index in [4.69, 9.17) is 19.9 Å². The molecule has 0 saturated heterocycles. The minimum absolute atomic E-state index is 0.170. The molecule has 0 aromatic carbocycles. The molecular weight excluding hydrogens is 282 g/mol. The van der Waals surface area contributed by atoms with Crippen LogP contribution in [-0.2, 0) is 18.9 Å². The maximum Gasteiger partial charge on any atom is 0.404 e. The smallest absolute Gasteiger partial charge is 0.404 e. The zero-order valence-corrected chi connectivity index (χ0v) is 10.7. The lowest BCUT2D eigenvalue weighted by Crippen LogP contribution is -2.17. The highest BCUT2D eigenvalue weighted by Crippen LogP contribution is 1.84. The number of amides is 1. The van der Waals surface area contributed by atoms with Crippen molar-refractivity contribution in [3.63, 3.8) is 0 Å². The summed E-state index contributed by atoms with van der Waals surface area (Å²) in [7, 11) is 0. The van der Waals surface area contributed by atoms with Gasteiger partial charge in [0.1, 0.15) is 6.61 Å². The predicted molar refractivity (Wildman–Crippen MR) is 61.8 cm³/mol. The maximum atomic E-state index is 10.2. The first-order valence-electron chi connectivity index (χ1n) is 4.98. The van der Waals surface area contributed by atoms with E-state index in [0.717, 1.165) is 5.33 Å². The molecule has 2 N–H and O–H groups in total. The first-order valence-corrected chi connectivity index (χ1v) is 6.11. The average molecular weight is 300 g/mol. The van der Waals surface area contributed by atoms with Gasteiger partial charge in [-0.05, 0) is 0 Å². The zero-order valence-electron chi connectivity index (χ0n) is 9.15. The third kappa shape index (κ3) is 13.6. The molecule has 0 saturated carbocycles. The highest BCUT2D eigenvalue weighted by molar-refractivity contribution is 9.09. The van der Waals surface area contributed by atoms with Crippen LogP contribution in [0, 0.1) is 0 Å². The fourth-order valence-electron chi connectivity index (χ4n) is 0.798. The predicted octanol–water partition coefficient (Wildman–Crippen LogP) is 0.526. The van der Waals surface area contributed by atoms with E-state index >= 15 is 0 Å². The third-order valence-corrected chi connectivity index (χ3v) is 1.76. The molecule has 0 aliphatic carbocycles. The Hall–Kier alpha value is -0.370. The van der Waals surface area contributed by atoms with Crippen LogP contribution in [0.3, 0.4) is 0 Å². The molecule has 0 aliphatic heterocycles. The van der Waals surface area contributed by atoms with Crippen LogP contribution in [-0.4, -0.2) is 57.7 Å². The van der Waals surface area contributed by atoms with Gasteiger partial charge in [-0.1, -0.05) is 15.9 Å². The van der Waals surface area contributed by atoms with Gasteiger partial charge in [-0.2, -0.15) is 0 Å². The van der Waals surface area contributed by atoms with Gasteiger partial charge in [-0.25, -0.2) is 4.79 Å². The Balaban J connectivity index is 2.90. The molecule has 0 bridgehead atoms. The van der Waals surface area contributed by atoms with Crippen LogP contribution >= 0.6 is 15.9 Å². The van der Waals surface area contributed by atoms with Gasteiger partial charge in [0.15, 0.2) is 0 Å². The van der Waals surface area contributed by atoms with E-state index in [2.05, 4.69) is 20.7 Å². The largest absolute Gasteiger partial charge is 0.447 e. The van der Waals surface area contributed by atoms with Gasteiger partial charge in [0.2, 0.25) is 0 Å². The normalized spacial score (nSPS) is 10.3. The van der Waals surface area contributed by atoms with Crippen molar-refractivity contribution in [2.45, 2.75) is 0 Å². The number of hydrogen-bond acceptors (Lipinski definition) is 5. The van der Waals surface area contributed by atoms with Crippen molar-refractivity contribution in [1.82, 2.24) is 0 Å². The number of carbonyl (C=O) groups excluding carboxylic acids is 1. The van der Waals surface area contributed by atoms with E-state index in [0.29, 0.717) is 39.6 Å². The molecule has 0 radical (unpaired) electrons. The van der Waals surface area contributed by atoms with Crippen LogP contribution < -0.4 is 5.73 Å². The molecule has 7 heteroatoms. The van der Waals surface area contributed by atoms with Crippen LogP contribution in [0.1, 0.15) is 0 Å². The number of nitrogens with two attached hydrogens (primary N) is 1. The van der Waals surface area contributed by atoms with Crippen molar-refractivity contribution < 1.29 is 23.7 Å². The van der Waals surface area contributed by atoms with Crippen molar-refractivity contribution in [1.29, 1.82) is 0 Å². The van der Waals surface area contributed by atoms with E-state index < -0.39 is 6.09 Å². The highest BCUT2D eigenvalue weighted by Gasteiger charge is 1.94. The van der Waals surface area contributed by atoms with Crippen LogP contribution in [0.2, 0.25) is 0 Å². The molecule has 0 aliphatic rings. The summed E-state index contributed by atoms with van der Waals surface area (Å²) in [4.78, 5) is 10.2. The Bertz CT molecular complexity index is 170. The summed E-state index contributed by atoms with van der Waals surface area (Å²) >= 11 is 3.25. The topological polar surface area (TPSA) is 80.0 Å². The van der Waals surface area contributed by atoms with Gasteiger partial charge < -0.3 is 24.7 Å². The molecule has 1 amide bonds. The van der Waals surface area contributed by atoms with Crippen LogP contribution in [0.15, 0.2) is 0 Å². The number of halogens is 1. The molecule has 0 fully saturated rings. The highest BCUT2D eigenvalue weighted by atomic mass is 79.9. The Morgan fingerprint density at radius 1 is 0.875 bits per heavy atom. The Morgan fingerprint density at radius 3 is 1.75 bits per heavy atom. The van der Waals surface area contributed by atoms with Gasteiger partial charge in [-0.15, -0.1) is 0 Å². The zero-order chi connectivity index (χ0) is 12.1. The van der Waals surface area contributed by atoms with Gasteiger partial charge >= 0.3 is 6.09 Å². The van der Waals surface area contributed by atoms with Crippen molar-refractivity contribution in [2.75, 3.05) is 51.6 Å². The van der Waals surface area contributed by atoms with Crippen molar-refractivity contribution >= 4 is 22.0 Å². The molecule has 0 unspecified atom stereocenters. The molecule has 96 valence electrons. The fourth-order valence-corrected chi connectivity index (χ4v) is 1.03. The van der Waals surface area contributed by atoms with E-state index in [9.17, 15) is 4.79 Å². The molecule has 0 heterocycles. The van der Waals surface area contributed by atoms with Crippen molar-refractivity contribution in [3.8, 4) is 0 Å². The molecule has 0 aromatic rings. The first-order chi connectivity index (χ1) is 7.77. The van der Waals surface area contributed by atoms with Crippen LogP contribution in [0.5, 0.6) is 0 Å². The van der Waals surface area contributed by atoms with Crippen LogP contribution in [0.25, 0.3) is 0 Å². The first kappa shape index (κ1) is 15.6. The lowest BCUT2D eigenvalue weighted by Gasteiger charge is -2.06. The molecule has 6 nitrogen and oxygen atoms in total. The summed E-state index contributed by atoms with van der Waals surface area (Å²) < 4.78 is 19.9. The van der Waals surface area contributed by atoms with Crippen LogP contribution in [0.4, 0.5) is 4.79 Å². The molecule has 0 aromatic heterocycles. The standard InChI is InChI=1S/C9H18BrNO5/c10-1-2-13-3-4-14-5-6-15-7-8-16-9(11)12/h1-8H2,(H2,11,12). The Kier molecular flexibility index (Phi) is 12.4. The van der Waals surface area contributed by atoms with E-state index in [1.807, 2.05) is 0 Å². The lowest BCUT2D eigenvalue weighted by atomic mass is 10.7. The fraction of sp³-hybridized carbons (Fsp3) is 0.889. The van der Waals surface area contributed by atoms with Crippen molar-refractivity contribution in [2.24, 2.45) is 5.73 Å². The second-order valence-electron chi connectivity index (χ2n) is 2.69. The number of carbonyl (C=O) groups is 1. The molecule has 0 rings (SSSR count). The second kappa shape index (κ2) is 12.7. The number of rotatable bonds is 11. The van der Waals surface area contributed by atoms with Gasteiger partial charge in [0, 0.05) is 5.33 Å². The number of hydrogen-bond donors (Lipinski definition) is 1. The Morgan fingerprint density at radius 2 is 1.31 bits per heavy atom. The summed E-state index contributed by atoms with van der Waals surface area (Å²) in [6.45, 7) is 3.26. The summed E-state index contributed by atoms with van der Waals surface area (Å²) in [5.74, 6) is 0. The van der Waals surface area contributed by atoms with E-state index in [1.165, 1.54) is 0 Å². The number of ether oxygens (including phenoxy) is 4. The van der Waals surface area contributed by atoms with E-state index in [1.54, 1.807) is 0 Å². The monoisotopic (exact) mass is 299 g/mol. The maximum absolute atomic E-state index is 10.2. The SMILES string of the molecule is NC(=O)OCCOCCOCCOCCBr. The van der Waals surface area contributed by atoms with Crippen molar-refractivity contribution in [3.05, 3.63) is 0 Å². The third-order valence-electron chi connectivity index (χ3n) is 1.44. The second-order valence-corrected chi connectivity index (χ2v) is 3.49. The summed E-state index contributed by atoms with van der Waals surface area (Å²) in [5.41, 5.74) is 4.75. The molecule has 0 spiro atoms. The average Bonchev–Trinajstić information content (AvgIpc) is 2.25. The van der Waals surface area contributed by atoms with E-state index in [-0.39, 0.29) is 6.61 Å². The molecule has 16 heavy (non-hydrogen) atoms. The molecule has 0 atom stereocenters. The summed E-state index contributed by atoms with van der Waals surface area (Å²) in [6, 6.07) is 0. The van der Waals surface area contributed by atoms with Gasteiger partial charge in [0.05, 0.1) is 39.6 Å².